The van der Waals surface area contributed by atoms with Crippen LogP contribution in [0.4, 0.5) is 5.69 Å². The summed E-state index contributed by atoms with van der Waals surface area (Å²) in [5.41, 5.74) is 2.61. The number of carbonyl (C=O) groups is 1. The molecule has 0 aliphatic carbocycles. The zero-order chi connectivity index (χ0) is 25.4. The summed E-state index contributed by atoms with van der Waals surface area (Å²) in [5.74, 6) is -0.181. The Labute approximate surface area is 214 Å². The molecule has 3 aromatic carbocycles. The van der Waals surface area contributed by atoms with E-state index in [0.717, 1.165) is 25.2 Å². The third-order valence-corrected chi connectivity index (χ3v) is 8.22. The first kappa shape index (κ1) is 25.7. The Kier molecular flexibility index (Phi) is 8.57. The Hall–Kier alpha value is -3.42. The van der Waals surface area contributed by atoms with Crippen molar-refractivity contribution in [1.29, 1.82) is 0 Å². The number of piperazine rings is 1. The second-order valence-electron chi connectivity index (χ2n) is 8.80. The van der Waals surface area contributed by atoms with Crippen molar-refractivity contribution in [2.75, 3.05) is 43.6 Å². The van der Waals surface area contributed by atoms with Crippen molar-refractivity contribution in [3.63, 3.8) is 0 Å². The van der Waals surface area contributed by atoms with Crippen LogP contribution in [-0.2, 0) is 21.2 Å². The van der Waals surface area contributed by atoms with Gasteiger partial charge in [-0.2, -0.15) is 0 Å². The molecular weight excluding hydrogens is 470 g/mol. The van der Waals surface area contributed by atoms with Crippen LogP contribution in [0.3, 0.4) is 0 Å². The van der Waals surface area contributed by atoms with E-state index in [1.54, 1.807) is 41.3 Å². The minimum Gasteiger partial charge on any atom is -0.339 e. The number of hydrogen-bond acceptors (Lipinski definition) is 4. The van der Waals surface area contributed by atoms with Gasteiger partial charge in [-0.25, -0.2) is 8.42 Å². The maximum absolute atomic E-state index is 13.6. The van der Waals surface area contributed by atoms with Gasteiger partial charge in [-0.3, -0.25) is 14.0 Å². The molecule has 7 heteroatoms. The van der Waals surface area contributed by atoms with Crippen LogP contribution in [0.2, 0.25) is 0 Å². The van der Waals surface area contributed by atoms with Crippen molar-refractivity contribution < 1.29 is 13.2 Å². The average Bonchev–Trinajstić information content (AvgIpc) is 2.93. The highest BCUT2D eigenvalue weighted by Gasteiger charge is 2.31. The van der Waals surface area contributed by atoms with Gasteiger partial charge in [0, 0.05) is 32.7 Å². The Morgan fingerprint density at radius 2 is 1.47 bits per heavy atom. The Morgan fingerprint density at radius 3 is 2.14 bits per heavy atom. The van der Waals surface area contributed by atoms with Gasteiger partial charge in [-0.05, 0) is 35.7 Å². The highest BCUT2D eigenvalue weighted by atomic mass is 32.2. The Bertz CT molecular complexity index is 1270. The third kappa shape index (κ3) is 6.22. The molecule has 0 N–H and O–H groups in total. The van der Waals surface area contributed by atoms with Gasteiger partial charge in [0.25, 0.3) is 10.0 Å². The predicted molar refractivity (Wildman–Crippen MR) is 145 cm³/mol. The molecule has 1 fully saturated rings. The zero-order valence-electron chi connectivity index (χ0n) is 20.7. The lowest BCUT2D eigenvalue weighted by Crippen LogP contribution is -2.51. The van der Waals surface area contributed by atoms with Gasteiger partial charge in [0.15, 0.2) is 0 Å². The monoisotopic (exact) mass is 503 g/mol. The summed E-state index contributed by atoms with van der Waals surface area (Å²) in [4.78, 5) is 17.6. The number of sulfonamides is 1. The van der Waals surface area contributed by atoms with Gasteiger partial charge in [0.2, 0.25) is 5.91 Å². The topological polar surface area (TPSA) is 60.9 Å². The Morgan fingerprint density at radius 1 is 0.861 bits per heavy atom. The summed E-state index contributed by atoms with van der Waals surface area (Å²) in [6, 6.07) is 25.9. The average molecular weight is 504 g/mol. The van der Waals surface area contributed by atoms with Crippen LogP contribution in [-0.4, -0.2) is 63.4 Å². The van der Waals surface area contributed by atoms with E-state index in [4.69, 9.17) is 0 Å². The normalized spacial score (nSPS) is 14.8. The number of amides is 1. The van der Waals surface area contributed by atoms with Gasteiger partial charge < -0.3 is 4.90 Å². The van der Waals surface area contributed by atoms with Crippen LogP contribution >= 0.6 is 0 Å². The van der Waals surface area contributed by atoms with E-state index in [1.165, 1.54) is 9.87 Å². The van der Waals surface area contributed by atoms with Crippen LogP contribution in [0.15, 0.2) is 95.9 Å². The highest BCUT2D eigenvalue weighted by Crippen LogP contribution is 2.27. The number of carbonyl (C=O) groups excluding carboxylic acids is 1. The number of nitrogens with zero attached hydrogens (tertiary/aromatic N) is 3. The van der Waals surface area contributed by atoms with Gasteiger partial charge in [-0.1, -0.05) is 85.8 Å². The fraction of sp³-hybridized carbons (Fsp3) is 0.276. The molecular formula is C29H33N3O3S. The molecule has 0 bridgehead atoms. The Balaban J connectivity index is 1.45. The van der Waals surface area contributed by atoms with E-state index >= 15 is 0 Å². The minimum absolute atomic E-state index is 0.179. The largest absolute Gasteiger partial charge is 0.339 e. The molecule has 1 aliphatic heterocycles. The quantitative estimate of drug-likeness (QED) is 0.437. The maximum Gasteiger partial charge on any atom is 0.264 e. The standard InChI is InChI=1S/C29H33N3O3S/c1-2-26-15-9-10-18-28(26)32(36(34,35)27-16-7-4-8-17-27)24-29(33)31-22-20-30(21-23-31)19-11-14-25-12-5-3-6-13-25/h3-18H,2,19-24H2,1H3/b14-11+. The van der Waals surface area contributed by atoms with Crippen LogP contribution < -0.4 is 4.31 Å². The number of para-hydroxylation sites is 1. The molecule has 6 nitrogen and oxygen atoms in total. The van der Waals surface area contributed by atoms with Gasteiger partial charge >= 0.3 is 0 Å². The molecule has 0 aromatic heterocycles. The molecule has 0 spiro atoms. The molecule has 0 saturated carbocycles. The van der Waals surface area contributed by atoms with E-state index in [1.807, 2.05) is 43.3 Å². The minimum atomic E-state index is -3.90. The molecule has 1 saturated heterocycles. The van der Waals surface area contributed by atoms with E-state index < -0.39 is 10.0 Å². The number of anilines is 1. The zero-order valence-corrected chi connectivity index (χ0v) is 21.5. The van der Waals surface area contributed by atoms with Crippen LogP contribution in [0.1, 0.15) is 18.1 Å². The summed E-state index contributed by atoms with van der Waals surface area (Å²) >= 11 is 0. The predicted octanol–water partition coefficient (Wildman–Crippen LogP) is 4.30. The lowest BCUT2D eigenvalue weighted by Gasteiger charge is -2.35. The molecule has 188 valence electrons. The van der Waals surface area contributed by atoms with Crippen molar-refractivity contribution >= 4 is 27.7 Å². The lowest BCUT2D eigenvalue weighted by atomic mass is 10.1. The smallest absolute Gasteiger partial charge is 0.264 e. The first-order chi connectivity index (χ1) is 17.5. The SMILES string of the molecule is CCc1ccccc1N(CC(=O)N1CCN(C/C=C/c2ccccc2)CC1)S(=O)(=O)c1ccccc1. The molecule has 0 radical (unpaired) electrons. The van der Waals surface area contributed by atoms with Crippen molar-refractivity contribution in [2.45, 2.75) is 18.2 Å². The fourth-order valence-corrected chi connectivity index (χ4v) is 5.85. The van der Waals surface area contributed by atoms with E-state index in [9.17, 15) is 13.2 Å². The van der Waals surface area contributed by atoms with Crippen LogP contribution in [0, 0.1) is 0 Å². The molecule has 3 aromatic rings. The van der Waals surface area contributed by atoms with Crippen molar-refractivity contribution in [2.24, 2.45) is 0 Å². The van der Waals surface area contributed by atoms with Crippen molar-refractivity contribution in [3.05, 3.63) is 102 Å². The molecule has 1 amide bonds. The van der Waals surface area contributed by atoms with Crippen molar-refractivity contribution in [3.8, 4) is 0 Å². The molecule has 0 atom stereocenters. The summed E-state index contributed by atoms with van der Waals surface area (Å²) in [5, 5.41) is 0. The number of hydrogen-bond donors (Lipinski definition) is 0. The molecule has 0 unspecified atom stereocenters. The van der Waals surface area contributed by atoms with Crippen LogP contribution in [0.25, 0.3) is 6.08 Å². The van der Waals surface area contributed by atoms with E-state index in [2.05, 4.69) is 29.2 Å². The first-order valence-corrected chi connectivity index (χ1v) is 13.8. The molecule has 1 heterocycles. The van der Waals surface area contributed by atoms with Crippen LogP contribution in [0.5, 0.6) is 0 Å². The summed E-state index contributed by atoms with van der Waals surface area (Å²) < 4.78 is 28.6. The second kappa shape index (κ2) is 12.0. The fourth-order valence-electron chi connectivity index (χ4n) is 4.38. The van der Waals surface area contributed by atoms with E-state index in [-0.39, 0.29) is 17.3 Å². The van der Waals surface area contributed by atoms with E-state index in [0.29, 0.717) is 25.2 Å². The molecule has 36 heavy (non-hydrogen) atoms. The summed E-state index contributed by atoms with van der Waals surface area (Å²) in [6.07, 6.45) is 4.91. The highest BCUT2D eigenvalue weighted by molar-refractivity contribution is 7.92. The first-order valence-electron chi connectivity index (χ1n) is 12.4. The third-order valence-electron chi connectivity index (χ3n) is 6.45. The summed E-state index contributed by atoms with van der Waals surface area (Å²) in [6.45, 7) is 5.24. The number of benzene rings is 3. The maximum atomic E-state index is 13.6. The van der Waals surface area contributed by atoms with Gasteiger partial charge in [-0.15, -0.1) is 0 Å². The second-order valence-corrected chi connectivity index (χ2v) is 10.7. The summed E-state index contributed by atoms with van der Waals surface area (Å²) in [7, 11) is -3.90. The molecule has 4 rings (SSSR count). The molecule has 1 aliphatic rings. The van der Waals surface area contributed by atoms with Crippen molar-refractivity contribution in [1.82, 2.24) is 9.80 Å². The van der Waals surface area contributed by atoms with Gasteiger partial charge in [0.1, 0.15) is 6.54 Å². The lowest BCUT2D eigenvalue weighted by molar-refractivity contribution is -0.131. The number of rotatable bonds is 9. The van der Waals surface area contributed by atoms with Gasteiger partial charge in [0.05, 0.1) is 10.6 Å². The number of aryl methyl sites for hydroxylation is 1.